The Bertz CT molecular complexity index is 49.2. The monoisotopic (exact) mass is 110 g/mol. The van der Waals surface area contributed by atoms with Crippen LogP contribution >= 0.6 is 12.6 Å². The van der Waals surface area contributed by atoms with Crippen LogP contribution in [0.15, 0.2) is 0 Å². The van der Waals surface area contributed by atoms with E-state index in [1.54, 1.807) is 0 Å². The molecule has 0 unspecified atom stereocenters. The first kappa shape index (κ1) is 9.96. The number of nitriles is 1. The molecule has 0 bridgehead atoms. The standard InChI is InChI=1S/C3H5NS.Na/c4-2-1-3-5;/h5H,1,3H2;. The minimum absolute atomic E-state index is 0. The van der Waals surface area contributed by atoms with Gasteiger partial charge in [-0.3, -0.25) is 0 Å². The van der Waals surface area contributed by atoms with Crippen LogP contribution in [0.1, 0.15) is 6.42 Å². The molecule has 0 atom stereocenters. The predicted molar refractivity (Wildman–Crippen MR) is 29.8 cm³/mol. The normalized spacial score (nSPS) is 5.33. The zero-order chi connectivity index (χ0) is 4.12. The zero-order valence-corrected chi connectivity index (χ0v) is 6.70. The summed E-state index contributed by atoms with van der Waals surface area (Å²) in [6.45, 7) is 0. The van der Waals surface area contributed by atoms with Gasteiger partial charge in [0.15, 0.2) is 0 Å². The third kappa shape index (κ3) is 8.85. The Balaban J connectivity index is 0. The van der Waals surface area contributed by atoms with Gasteiger partial charge in [0.2, 0.25) is 0 Å². The van der Waals surface area contributed by atoms with Gasteiger partial charge in [0.05, 0.1) is 6.07 Å². The smallest absolute Gasteiger partial charge is 0.0630 e. The van der Waals surface area contributed by atoms with E-state index in [1.165, 1.54) is 0 Å². The van der Waals surface area contributed by atoms with Crippen molar-refractivity contribution in [3.63, 3.8) is 0 Å². The van der Waals surface area contributed by atoms with Crippen molar-refractivity contribution < 1.29 is 0 Å². The van der Waals surface area contributed by atoms with Crippen LogP contribution in [0.2, 0.25) is 0 Å². The second-order valence-electron chi connectivity index (χ2n) is 0.632. The van der Waals surface area contributed by atoms with Crippen molar-refractivity contribution in [2.45, 2.75) is 6.42 Å². The molecule has 0 aromatic rings. The maximum atomic E-state index is 7.77. The fraction of sp³-hybridized carbons (Fsp3) is 0.667. The average Bonchev–Trinajstić information content (AvgIpc) is 1.41. The van der Waals surface area contributed by atoms with Crippen LogP contribution in [0.4, 0.5) is 0 Å². The molecule has 0 aliphatic rings. The van der Waals surface area contributed by atoms with E-state index in [-0.39, 0.29) is 29.6 Å². The maximum Gasteiger partial charge on any atom is 0.0630 e. The Labute approximate surface area is 65.4 Å². The van der Waals surface area contributed by atoms with E-state index in [9.17, 15) is 0 Å². The van der Waals surface area contributed by atoms with Gasteiger partial charge in [0.25, 0.3) is 0 Å². The van der Waals surface area contributed by atoms with E-state index in [4.69, 9.17) is 5.26 Å². The minimum atomic E-state index is 0. The molecule has 6 heavy (non-hydrogen) atoms. The van der Waals surface area contributed by atoms with Gasteiger partial charge in [0, 0.05) is 41.7 Å². The Morgan fingerprint density at radius 1 is 1.67 bits per heavy atom. The molecule has 0 aromatic heterocycles. The van der Waals surface area contributed by atoms with Gasteiger partial charge in [-0.05, 0) is 0 Å². The number of rotatable bonds is 1. The van der Waals surface area contributed by atoms with Gasteiger partial charge in [0.1, 0.15) is 0 Å². The molecule has 0 aliphatic carbocycles. The molecule has 0 aliphatic heterocycles. The van der Waals surface area contributed by atoms with Gasteiger partial charge in [-0.1, -0.05) is 0 Å². The van der Waals surface area contributed by atoms with Crippen molar-refractivity contribution in [2.24, 2.45) is 0 Å². The molecule has 0 spiro atoms. The molecule has 0 amide bonds. The predicted octanol–water partition coefficient (Wildman–Crippen LogP) is 0.449. The third-order valence-electron chi connectivity index (χ3n) is 0.224. The zero-order valence-electron chi connectivity index (χ0n) is 3.81. The molecule has 0 rings (SSSR count). The average molecular weight is 110 g/mol. The summed E-state index contributed by atoms with van der Waals surface area (Å²) >= 11 is 3.78. The number of thiol groups is 1. The van der Waals surface area contributed by atoms with Gasteiger partial charge in [-0.15, -0.1) is 0 Å². The SMILES string of the molecule is N#CCCS.[Na]. The van der Waals surface area contributed by atoms with Gasteiger partial charge >= 0.3 is 0 Å². The number of hydrogen-bond acceptors (Lipinski definition) is 2. The molecular weight excluding hydrogens is 105 g/mol. The van der Waals surface area contributed by atoms with E-state index in [1.807, 2.05) is 6.07 Å². The van der Waals surface area contributed by atoms with E-state index in [0.29, 0.717) is 12.2 Å². The van der Waals surface area contributed by atoms with E-state index in [2.05, 4.69) is 12.6 Å². The molecule has 3 heteroatoms. The van der Waals surface area contributed by atoms with Crippen LogP contribution in [-0.2, 0) is 0 Å². The molecule has 1 nitrogen and oxygen atoms in total. The van der Waals surface area contributed by atoms with Crippen LogP contribution in [0.25, 0.3) is 0 Å². The van der Waals surface area contributed by atoms with Crippen LogP contribution in [0.5, 0.6) is 0 Å². The molecule has 1 radical (unpaired) electrons. The van der Waals surface area contributed by atoms with E-state index < -0.39 is 0 Å². The quantitative estimate of drug-likeness (QED) is 0.384. The van der Waals surface area contributed by atoms with Crippen LogP contribution < -0.4 is 0 Å². The van der Waals surface area contributed by atoms with Gasteiger partial charge in [-0.2, -0.15) is 17.9 Å². The number of hydrogen-bond donors (Lipinski definition) is 1. The molecular formula is C3H5NNaS. The third-order valence-corrected chi connectivity index (χ3v) is 0.447. The summed E-state index contributed by atoms with van der Waals surface area (Å²) in [5.74, 6) is 0.677. The van der Waals surface area contributed by atoms with Crippen LogP contribution in [-0.4, -0.2) is 35.3 Å². The molecule has 0 aromatic carbocycles. The minimum Gasteiger partial charge on any atom is -0.198 e. The van der Waals surface area contributed by atoms with Gasteiger partial charge in [-0.25, -0.2) is 0 Å². The van der Waals surface area contributed by atoms with Crippen molar-refractivity contribution >= 4 is 42.2 Å². The summed E-state index contributed by atoms with van der Waals surface area (Å²) in [7, 11) is 0. The molecule has 0 saturated heterocycles. The van der Waals surface area contributed by atoms with E-state index in [0.717, 1.165) is 0 Å². The summed E-state index contributed by atoms with van der Waals surface area (Å²) in [4.78, 5) is 0. The van der Waals surface area contributed by atoms with Crippen LogP contribution in [0, 0.1) is 11.3 Å². The first-order valence-electron chi connectivity index (χ1n) is 1.39. The molecule has 0 saturated carbocycles. The fourth-order valence-corrected chi connectivity index (χ4v) is 0.150. The Morgan fingerprint density at radius 2 is 2.17 bits per heavy atom. The van der Waals surface area contributed by atoms with Crippen molar-refractivity contribution in [3.05, 3.63) is 0 Å². The van der Waals surface area contributed by atoms with Crippen molar-refractivity contribution in [1.29, 1.82) is 5.26 Å². The second kappa shape index (κ2) is 9.28. The summed E-state index contributed by atoms with van der Waals surface area (Å²) in [5.41, 5.74) is 0. The Kier molecular flexibility index (Phi) is 15.4. The second-order valence-corrected chi connectivity index (χ2v) is 1.08. The molecule has 0 heterocycles. The molecule has 29 valence electrons. The van der Waals surface area contributed by atoms with Gasteiger partial charge < -0.3 is 0 Å². The Hall–Kier alpha value is 0.840. The Morgan fingerprint density at radius 3 is 2.17 bits per heavy atom. The summed E-state index contributed by atoms with van der Waals surface area (Å²) < 4.78 is 0. The summed E-state index contributed by atoms with van der Waals surface area (Å²) in [6, 6.07) is 1.94. The van der Waals surface area contributed by atoms with Crippen molar-refractivity contribution in [1.82, 2.24) is 0 Å². The summed E-state index contributed by atoms with van der Waals surface area (Å²) in [6.07, 6.45) is 0.559. The maximum absolute atomic E-state index is 7.77. The molecule has 0 fully saturated rings. The summed E-state index contributed by atoms with van der Waals surface area (Å²) in [5, 5.41) is 7.77. The van der Waals surface area contributed by atoms with Crippen molar-refractivity contribution in [3.8, 4) is 6.07 Å². The van der Waals surface area contributed by atoms with Crippen LogP contribution in [0.3, 0.4) is 0 Å². The number of nitrogens with zero attached hydrogens (tertiary/aromatic N) is 1. The van der Waals surface area contributed by atoms with Crippen molar-refractivity contribution in [2.75, 3.05) is 5.75 Å². The topological polar surface area (TPSA) is 23.8 Å². The fourth-order valence-electron chi connectivity index (χ4n) is 0.0500. The molecule has 0 N–H and O–H groups in total. The first-order chi connectivity index (χ1) is 2.41. The van der Waals surface area contributed by atoms with E-state index >= 15 is 0 Å². The first-order valence-corrected chi connectivity index (χ1v) is 2.03. The largest absolute Gasteiger partial charge is 0.198 e.